The highest BCUT2D eigenvalue weighted by molar-refractivity contribution is 6.35. The van der Waals surface area contributed by atoms with Crippen LogP contribution in [0.3, 0.4) is 0 Å². The van der Waals surface area contributed by atoms with Gasteiger partial charge in [0, 0.05) is 57.9 Å². The molecule has 0 spiro atoms. The molecule has 0 amide bonds. The van der Waals surface area contributed by atoms with Crippen molar-refractivity contribution in [2.24, 2.45) is 0 Å². The van der Waals surface area contributed by atoms with Gasteiger partial charge in [0.2, 0.25) is 0 Å². The Kier molecular flexibility index (Phi) is 5.84. The Hall–Kier alpha value is -1.75. The summed E-state index contributed by atoms with van der Waals surface area (Å²) in [6.45, 7) is 2.71. The molecule has 6 heteroatoms. The van der Waals surface area contributed by atoms with Crippen molar-refractivity contribution in [2.45, 2.75) is 25.4 Å². The Morgan fingerprint density at radius 2 is 2.00 bits per heavy atom. The molecule has 1 atom stereocenters. The van der Waals surface area contributed by atoms with Crippen LogP contribution in [0.2, 0.25) is 10.0 Å². The highest BCUT2D eigenvalue weighted by atomic mass is 35.5. The number of hydrogen-bond donors (Lipinski definition) is 3. The van der Waals surface area contributed by atoms with Crippen LogP contribution in [0.4, 0.5) is 11.4 Å². The maximum atomic E-state index is 7.43. The monoisotopic (exact) mass is 376 g/mol. The molecule has 25 heavy (non-hydrogen) atoms. The first kappa shape index (κ1) is 18.1. The van der Waals surface area contributed by atoms with Gasteiger partial charge in [-0.1, -0.05) is 29.3 Å². The Morgan fingerprint density at radius 3 is 2.72 bits per heavy atom. The van der Waals surface area contributed by atoms with E-state index in [1.165, 1.54) is 6.21 Å². The third-order valence-electron chi connectivity index (χ3n) is 4.56. The zero-order valence-corrected chi connectivity index (χ0v) is 15.4. The standard InChI is InChI=1S/C19H22Cl2N4/c20-17-4-1-5-18(21)16(17)12-25-8-2-3-15(11-25)24-14-6-7-19(23)13(9-14)10-22/h1,4-7,9-10,15,22,24H,2-3,8,11-12,23H2. The molecule has 1 unspecified atom stereocenters. The summed E-state index contributed by atoms with van der Waals surface area (Å²) in [6, 6.07) is 11.7. The van der Waals surface area contributed by atoms with Gasteiger partial charge in [-0.25, -0.2) is 0 Å². The number of nitrogens with zero attached hydrogens (tertiary/aromatic N) is 1. The second kappa shape index (κ2) is 8.09. The predicted molar refractivity (Wildman–Crippen MR) is 107 cm³/mol. The third-order valence-corrected chi connectivity index (χ3v) is 5.27. The maximum absolute atomic E-state index is 7.43. The van der Waals surface area contributed by atoms with Gasteiger partial charge in [-0.05, 0) is 49.7 Å². The molecule has 0 aliphatic carbocycles. The Bertz CT molecular complexity index is 743. The van der Waals surface area contributed by atoms with Crippen LogP contribution in [0.15, 0.2) is 36.4 Å². The SMILES string of the molecule is N=Cc1cc(NC2CCCN(Cc3c(Cl)cccc3Cl)C2)ccc1N. The lowest BCUT2D eigenvalue weighted by Crippen LogP contribution is -2.41. The molecule has 3 rings (SSSR count). The normalized spacial score (nSPS) is 18.1. The highest BCUT2D eigenvalue weighted by Gasteiger charge is 2.21. The molecule has 2 aromatic carbocycles. The van der Waals surface area contributed by atoms with Gasteiger partial charge in [-0.2, -0.15) is 0 Å². The Morgan fingerprint density at radius 1 is 1.24 bits per heavy atom. The van der Waals surface area contributed by atoms with Crippen molar-refractivity contribution >= 4 is 40.8 Å². The summed E-state index contributed by atoms with van der Waals surface area (Å²) in [4.78, 5) is 2.38. The summed E-state index contributed by atoms with van der Waals surface area (Å²) in [6.07, 6.45) is 3.51. The van der Waals surface area contributed by atoms with Crippen LogP contribution in [-0.4, -0.2) is 30.2 Å². The van der Waals surface area contributed by atoms with Crippen molar-refractivity contribution in [3.8, 4) is 0 Å². The fourth-order valence-electron chi connectivity index (χ4n) is 3.25. The predicted octanol–water partition coefficient (Wildman–Crippen LogP) is 4.65. The topological polar surface area (TPSA) is 65.1 Å². The molecule has 0 aromatic heterocycles. The third kappa shape index (κ3) is 4.46. The second-order valence-electron chi connectivity index (χ2n) is 6.41. The first-order valence-corrected chi connectivity index (χ1v) is 9.14. The lowest BCUT2D eigenvalue weighted by atomic mass is 10.0. The van der Waals surface area contributed by atoms with Gasteiger partial charge in [0.05, 0.1) is 0 Å². The molecule has 0 radical (unpaired) electrons. The zero-order valence-electron chi connectivity index (χ0n) is 13.9. The number of halogens is 2. The lowest BCUT2D eigenvalue weighted by Gasteiger charge is -2.34. The Balaban J connectivity index is 1.66. The van der Waals surface area contributed by atoms with E-state index in [9.17, 15) is 0 Å². The van der Waals surface area contributed by atoms with E-state index in [4.69, 9.17) is 34.3 Å². The van der Waals surface area contributed by atoms with Crippen LogP contribution in [0, 0.1) is 5.41 Å². The summed E-state index contributed by atoms with van der Waals surface area (Å²) in [5, 5.41) is 12.4. The van der Waals surface area contributed by atoms with Crippen LogP contribution < -0.4 is 11.1 Å². The zero-order chi connectivity index (χ0) is 17.8. The van der Waals surface area contributed by atoms with Gasteiger partial charge in [0.1, 0.15) is 0 Å². The van der Waals surface area contributed by atoms with E-state index in [1.807, 2.05) is 36.4 Å². The van der Waals surface area contributed by atoms with Crippen molar-refractivity contribution in [1.29, 1.82) is 5.41 Å². The number of benzene rings is 2. The molecule has 132 valence electrons. The van der Waals surface area contributed by atoms with E-state index < -0.39 is 0 Å². The minimum Gasteiger partial charge on any atom is -0.398 e. The van der Waals surface area contributed by atoms with E-state index in [2.05, 4.69) is 10.2 Å². The number of anilines is 2. The van der Waals surface area contributed by atoms with E-state index in [0.29, 0.717) is 11.7 Å². The molecule has 0 saturated carbocycles. The fourth-order valence-corrected chi connectivity index (χ4v) is 3.77. The van der Waals surface area contributed by atoms with Crippen molar-refractivity contribution < 1.29 is 0 Å². The lowest BCUT2D eigenvalue weighted by molar-refractivity contribution is 0.208. The molecule has 1 aliphatic heterocycles. The maximum Gasteiger partial charge on any atom is 0.0465 e. The fraction of sp³-hybridized carbons (Fsp3) is 0.316. The van der Waals surface area contributed by atoms with Gasteiger partial charge in [0.25, 0.3) is 0 Å². The van der Waals surface area contributed by atoms with E-state index in [1.54, 1.807) is 0 Å². The van der Waals surface area contributed by atoms with E-state index in [-0.39, 0.29) is 0 Å². The number of nitrogens with two attached hydrogens (primary N) is 1. The van der Waals surface area contributed by atoms with Gasteiger partial charge in [-0.15, -0.1) is 0 Å². The summed E-state index contributed by atoms with van der Waals surface area (Å²) in [5.74, 6) is 0. The summed E-state index contributed by atoms with van der Waals surface area (Å²) < 4.78 is 0. The van der Waals surface area contributed by atoms with E-state index in [0.717, 1.165) is 59.3 Å². The van der Waals surface area contributed by atoms with Crippen molar-refractivity contribution in [3.05, 3.63) is 57.6 Å². The molecule has 1 fully saturated rings. The van der Waals surface area contributed by atoms with Crippen LogP contribution in [0.1, 0.15) is 24.0 Å². The number of nitrogen functional groups attached to an aromatic ring is 1. The van der Waals surface area contributed by atoms with Crippen LogP contribution in [0.5, 0.6) is 0 Å². The van der Waals surface area contributed by atoms with E-state index >= 15 is 0 Å². The van der Waals surface area contributed by atoms with Gasteiger partial charge >= 0.3 is 0 Å². The minimum atomic E-state index is 0.345. The smallest absolute Gasteiger partial charge is 0.0465 e. The molecule has 1 heterocycles. The van der Waals surface area contributed by atoms with Crippen molar-refractivity contribution in [3.63, 3.8) is 0 Å². The Labute approximate surface area is 158 Å². The molecule has 2 aromatic rings. The highest BCUT2D eigenvalue weighted by Crippen LogP contribution is 2.27. The van der Waals surface area contributed by atoms with Crippen LogP contribution in [-0.2, 0) is 6.54 Å². The number of likely N-dealkylation sites (tertiary alicyclic amines) is 1. The molecule has 1 saturated heterocycles. The average Bonchev–Trinajstić information content (AvgIpc) is 2.60. The van der Waals surface area contributed by atoms with Crippen LogP contribution >= 0.6 is 23.2 Å². The number of piperidine rings is 1. The summed E-state index contributed by atoms with van der Waals surface area (Å²) >= 11 is 12.6. The van der Waals surface area contributed by atoms with Gasteiger partial charge in [-0.3, -0.25) is 4.90 Å². The minimum absolute atomic E-state index is 0.345. The molecule has 4 nitrogen and oxygen atoms in total. The van der Waals surface area contributed by atoms with Crippen molar-refractivity contribution in [2.75, 3.05) is 24.1 Å². The first-order chi connectivity index (χ1) is 12.1. The average molecular weight is 377 g/mol. The number of nitrogens with one attached hydrogen (secondary N) is 2. The number of rotatable bonds is 5. The van der Waals surface area contributed by atoms with Crippen LogP contribution in [0.25, 0.3) is 0 Å². The quantitative estimate of drug-likeness (QED) is 0.525. The number of hydrogen-bond acceptors (Lipinski definition) is 4. The molecule has 4 N–H and O–H groups in total. The van der Waals surface area contributed by atoms with Crippen molar-refractivity contribution in [1.82, 2.24) is 4.90 Å². The van der Waals surface area contributed by atoms with Gasteiger partial charge in [0.15, 0.2) is 0 Å². The molecular weight excluding hydrogens is 355 g/mol. The summed E-state index contributed by atoms with van der Waals surface area (Å²) in [7, 11) is 0. The molecule has 1 aliphatic rings. The second-order valence-corrected chi connectivity index (χ2v) is 7.22. The first-order valence-electron chi connectivity index (χ1n) is 8.38. The summed E-state index contributed by atoms with van der Waals surface area (Å²) in [5.41, 5.74) is 9.20. The molecular formula is C19H22Cl2N4. The largest absolute Gasteiger partial charge is 0.398 e. The van der Waals surface area contributed by atoms with Gasteiger partial charge < -0.3 is 16.5 Å². The molecule has 0 bridgehead atoms.